The van der Waals surface area contributed by atoms with Crippen LogP contribution in [0.2, 0.25) is 0 Å². The minimum atomic E-state index is -4.40. The predicted octanol–water partition coefficient (Wildman–Crippen LogP) is 4.63. The number of carbonyl (C=O) groups is 1. The molecule has 3 aromatic rings. The highest BCUT2D eigenvalue weighted by Gasteiger charge is 2.29. The summed E-state index contributed by atoms with van der Waals surface area (Å²) < 4.78 is 50.5. The van der Waals surface area contributed by atoms with Gasteiger partial charge in [-0.2, -0.15) is 13.2 Å². The van der Waals surface area contributed by atoms with E-state index in [4.69, 9.17) is 0 Å². The number of alkyl halides is 3. The molecule has 0 radical (unpaired) electrons. The molecule has 5 nitrogen and oxygen atoms in total. The van der Waals surface area contributed by atoms with Crippen LogP contribution in [0.15, 0.2) is 60.7 Å². The Bertz CT molecular complexity index is 924. The Morgan fingerprint density at radius 2 is 1.44 bits per heavy atom. The second-order valence-corrected chi connectivity index (χ2v) is 5.46. The molecule has 1 heterocycles. The van der Waals surface area contributed by atoms with Gasteiger partial charge >= 0.3 is 6.18 Å². The van der Waals surface area contributed by atoms with E-state index in [0.717, 1.165) is 12.1 Å². The predicted molar refractivity (Wildman–Crippen MR) is 91.1 cm³/mol. The smallest absolute Gasteiger partial charge is 0.339 e. The number of nitrogens with zero attached hydrogens (tertiary/aromatic N) is 2. The van der Waals surface area contributed by atoms with Crippen LogP contribution in [-0.4, -0.2) is 16.1 Å². The molecule has 0 bridgehead atoms. The van der Waals surface area contributed by atoms with Gasteiger partial charge < -0.3 is 10.6 Å². The number of rotatable bonds is 4. The molecule has 0 spiro atoms. The number of hydrogen-bond acceptors (Lipinski definition) is 4. The Hall–Kier alpha value is -3.49. The zero-order valence-corrected chi connectivity index (χ0v) is 13.6. The molecule has 0 atom stereocenters. The first-order chi connectivity index (χ1) is 12.8. The van der Waals surface area contributed by atoms with Crippen molar-refractivity contribution in [2.45, 2.75) is 6.18 Å². The fraction of sp³-hybridized carbons (Fsp3) is 0.0556. The van der Waals surface area contributed by atoms with Gasteiger partial charge in [-0.05, 0) is 60.7 Å². The first-order valence-corrected chi connectivity index (χ1v) is 7.66. The van der Waals surface area contributed by atoms with Crippen LogP contribution in [0.4, 0.5) is 34.8 Å². The number of amides is 1. The molecule has 1 aromatic heterocycles. The Morgan fingerprint density at radius 1 is 0.815 bits per heavy atom. The van der Waals surface area contributed by atoms with E-state index in [1.165, 1.54) is 48.5 Å². The summed E-state index contributed by atoms with van der Waals surface area (Å²) in [6.45, 7) is 0. The Labute approximate surface area is 151 Å². The van der Waals surface area contributed by atoms with E-state index in [1.54, 1.807) is 0 Å². The molecular formula is C18H12F4N4O. The fourth-order valence-electron chi connectivity index (χ4n) is 2.14. The SMILES string of the molecule is O=C(Nc1ccc(F)cc1)c1ccc(Nc2ccc(C(F)(F)F)cc2)nn1. The number of hydrogen-bond donors (Lipinski definition) is 2. The zero-order chi connectivity index (χ0) is 19.4. The number of aromatic nitrogens is 2. The second kappa shape index (κ2) is 7.40. The van der Waals surface area contributed by atoms with Crippen molar-refractivity contribution in [3.8, 4) is 0 Å². The number of halogens is 4. The van der Waals surface area contributed by atoms with E-state index in [9.17, 15) is 22.4 Å². The van der Waals surface area contributed by atoms with Crippen LogP contribution >= 0.6 is 0 Å². The Morgan fingerprint density at radius 3 is 2.00 bits per heavy atom. The van der Waals surface area contributed by atoms with Gasteiger partial charge in [0.1, 0.15) is 5.82 Å². The lowest BCUT2D eigenvalue weighted by Crippen LogP contribution is -2.14. The van der Waals surface area contributed by atoms with E-state index < -0.39 is 23.5 Å². The summed E-state index contributed by atoms with van der Waals surface area (Å²) in [4.78, 5) is 12.1. The molecule has 0 fully saturated rings. The summed E-state index contributed by atoms with van der Waals surface area (Å²) >= 11 is 0. The summed E-state index contributed by atoms with van der Waals surface area (Å²) in [5.41, 5.74) is 0.0558. The highest BCUT2D eigenvalue weighted by Crippen LogP contribution is 2.30. The van der Waals surface area contributed by atoms with E-state index in [-0.39, 0.29) is 11.5 Å². The molecule has 1 amide bonds. The van der Waals surface area contributed by atoms with Gasteiger partial charge in [-0.25, -0.2) is 4.39 Å². The van der Waals surface area contributed by atoms with E-state index in [2.05, 4.69) is 20.8 Å². The molecule has 3 rings (SSSR count). The van der Waals surface area contributed by atoms with Crippen LogP contribution in [0, 0.1) is 5.82 Å². The number of anilines is 3. The largest absolute Gasteiger partial charge is 0.416 e. The van der Waals surface area contributed by atoms with Gasteiger partial charge in [-0.3, -0.25) is 4.79 Å². The summed E-state index contributed by atoms with van der Waals surface area (Å²) in [5.74, 6) is -0.699. The molecule has 0 saturated carbocycles. The number of benzene rings is 2. The molecule has 0 aliphatic rings. The minimum Gasteiger partial charge on any atom is -0.339 e. The standard InChI is InChI=1S/C18H12F4N4O/c19-12-3-7-14(8-4-12)24-17(27)15-9-10-16(26-25-15)23-13-5-1-11(2-6-13)18(20,21)22/h1-10H,(H,23,26)(H,24,27). The van der Waals surface area contributed by atoms with Crippen molar-refractivity contribution in [3.63, 3.8) is 0 Å². The van der Waals surface area contributed by atoms with Gasteiger partial charge in [0.25, 0.3) is 5.91 Å². The average molecular weight is 376 g/mol. The van der Waals surface area contributed by atoms with E-state index >= 15 is 0 Å². The summed E-state index contributed by atoms with van der Waals surface area (Å²) in [7, 11) is 0. The molecule has 9 heteroatoms. The fourth-order valence-corrected chi connectivity index (χ4v) is 2.14. The van der Waals surface area contributed by atoms with Gasteiger partial charge in [-0.15, -0.1) is 10.2 Å². The van der Waals surface area contributed by atoms with Crippen LogP contribution in [0.5, 0.6) is 0 Å². The molecule has 0 aliphatic heterocycles. The third kappa shape index (κ3) is 4.78. The quantitative estimate of drug-likeness (QED) is 0.652. The van der Waals surface area contributed by atoms with Gasteiger partial charge in [-0.1, -0.05) is 0 Å². The van der Waals surface area contributed by atoms with E-state index in [1.807, 2.05) is 0 Å². The Kier molecular flexibility index (Phi) is 5.02. The molecular weight excluding hydrogens is 364 g/mol. The zero-order valence-electron chi connectivity index (χ0n) is 13.6. The lowest BCUT2D eigenvalue weighted by molar-refractivity contribution is -0.137. The maximum Gasteiger partial charge on any atom is 0.416 e. The molecule has 2 N–H and O–H groups in total. The third-order valence-corrected chi connectivity index (χ3v) is 3.48. The van der Waals surface area contributed by atoms with Gasteiger partial charge in [0.2, 0.25) is 0 Å². The van der Waals surface area contributed by atoms with Crippen molar-refractivity contribution in [1.29, 1.82) is 0 Å². The molecule has 0 saturated heterocycles. The van der Waals surface area contributed by atoms with Crippen LogP contribution in [0.25, 0.3) is 0 Å². The number of nitrogens with one attached hydrogen (secondary N) is 2. The van der Waals surface area contributed by atoms with Gasteiger partial charge in [0.15, 0.2) is 11.5 Å². The molecule has 27 heavy (non-hydrogen) atoms. The highest BCUT2D eigenvalue weighted by atomic mass is 19.4. The average Bonchev–Trinajstić information content (AvgIpc) is 2.64. The van der Waals surface area contributed by atoms with Crippen molar-refractivity contribution in [1.82, 2.24) is 10.2 Å². The minimum absolute atomic E-state index is 0.0253. The molecule has 138 valence electrons. The third-order valence-electron chi connectivity index (χ3n) is 3.48. The first kappa shape index (κ1) is 18.3. The van der Waals surface area contributed by atoms with Crippen molar-refractivity contribution in [3.05, 3.63) is 77.7 Å². The normalized spacial score (nSPS) is 11.1. The van der Waals surface area contributed by atoms with Crippen molar-refractivity contribution in [2.24, 2.45) is 0 Å². The lowest BCUT2D eigenvalue weighted by Gasteiger charge is -2.09. The van der Waals surface area contributed by atoms with Crippen molar-refractivity contribution < 1.29 is 22.4 Å². The maximum absolute atomic E-state index is 12.9. The topological polar surface area (TPSA) is 66.9 Å². The molecule has 0 unspecified atom stereocenters. The summed E-state index contributed by atoms with van der Waals surface area (Å²) in [6, 6.07) is 12.5. The van der Waals surface area contributed by atoms with Crippen LogP contribution in [-0.2, 0) is 6.18 Å². The van der Waals surface area contributed by atoms with Gasteiger partial charge in [0.05, 0.1) is 5.56 Å². The lowest BCUT2D eigenvalue weighted by atomic mass is 10.2. The maximum atomic E-state index is 12.9. The van der Waals surface area contributed by atoms with E-state index in [0.29, 0.717) is 11.4 Å². The highest BCUT2D eigenvalue weighted by molar-refractivity contribution is 6.02. The van der Waals surface area contributed by atoms with Crippen LogP contribution in [0.1, 0.15) is 16.1 Å². The second-order valence-electron chi connectivity index (χ2n) is 5.46. The van der Waals surface area contributed by atoms with Crippen LogP contribution < -0.4 is 10.6 Å². The molecule has 0 aliphatic carbocycles. The van der Waals surface area contributed by atoms with Gasteiger partial charge in [0, 0.05) is 11.4 Å². The van der Waals surface area contributed by atoms with Crippen molar-refractivity contribution >= 4 is 23.1 Å². The molecule has 2 aromatic carbocycles. The monoisotopic (exact) mass is 376 g/mol. The van der Waals surface area contributed by atoms with Crippen molar-refractivity contribution in [2.75, 3.05) is 10.6 Å². The first-order valence-electron chi connectivity index (χ1n) is 7.66. The Balaban J connectivity index is 1.64. The summed E-state index contributed by atoms with van der Waals surface area (Å²) in [6.07, 6.45) is -4.40. The number of carbonyl (C=O) groups excluding carboxylic acids is 1. The summed E-state index contributed by atoms with van der Waals surface area (Å²) in [5, 5.41) is 12.9. The van der Waals surface area contributed by atoms with Crippen LogP contribution in [0.3, 0.4) is 0 Å².